The van der Waals surface area contributed by atoms with E-state index >= 15 is 0 Å². The lowest BCUT2D eigenvalue weighted by Crippen LogP contribution is -2.35. The van der Waals surface area contributed by atoms with Crippen LogP contribution in [0.2, 0.25) is 5.02 Å². The maximum atomic E-state index is 12.8. The molecule has 0 unspecified atom stereocenters. The highest BCUT2D eigenvalue weighted by atomic mass is 35.5. The molecule has 1 amide bonds. The van der Waals surface area contributed by atoms with E-state index in [1.165, 1.54) is 0 Å². The summed E-state index contributed by atoms with van der Waals surface area (Å²) < 4.78 is 0. The fourth-order valence-corrected chi connectivity index (χ4v) is 3.62. The number of amides is 1. The number of rotatable bonds is 6. The van der Waals surface area contributed by atoms with Crippen LogP contribution in [0.5, 0.6) is 0 Å². The van der Waals surface area contributed by atoms with E-state index in [1.54, 1.807) is 30.3 Å². The van der Waals surface area contributed by atoms with Gasteiger partial charge in [-0.1, -0.05) is 30.7 Å². The molecule has 1 heterocycles. The molecule has 0 aromatic heterocycles. The highest BCUT2D eigenvalue weighted by Gasteiger charge is 2.21. The monoisotopic (exact) mass is 400 g/mol. The molecule has 6 heteroatoms. The number of carboxylic acids is 1. The third kappa shape index (κ3) is 5.04. The van der Waals surface area contributed by atoms with Crippen molar-refractivity contribution in [1.29, 1.82) is 0 Å². The van der Waals surface area contributed by atoms with Gasteiger partial charge in [0.1, 0.15) is 0 Å². The molecule has 1 fully saturated rings. The Bertz CT molecular complexity index is 843. The molecule has 0 saturated carbocycles. The van der Waals surface area contributed by atoms with Crippen LogP contribution in [0, 0.1) is 5.92 Å². The third-order valence-electron chi connectivity index (χ3n) is 5.23. The first kappa shape index (κ1) is 20.2. The Morgan fingerprint density at radius 1 is 1.14 bits per heavy atom. The van der Waals surface area contributed by atoms with Gasteiger partial charge in [0.2, 0.25) is 0 Å². The van der Waals surface area contributed by atoms with E-state index in [1.807, 2.05) is 12.1 Å². The lowest BCUT2D eigenvalue weighted by atomic mass is 9.98. The lowest BCUT2D eigenvalue weighted by Gasteiger charge is -2.33. The van der Waals surface area contributed by atoms with Gasteiger partial charge in [-0.05, 0) is 61.1 Å². The second-order valence-electron chi connectivity index (χ2n) is 7.34. The molecular formula is C22H25ClN2O3. The Hall–Kier alpha value is -2.53. The summed E-state index contributed by atoms with van der Waals surface area (Å²) in [6, 6.07) is 12.2. The molecule has 28 heavy (non-hydrogen) atoms. The predicted octanol–water partition coefficient (Wildman–Crippen LogP) is 4.25. The topological polar surface area (TPSA) is 69.6 Å². The molecular weight excluding hydrogens is 376 g/mol. The van der Waals surface area contributed by atoms with Gasteiger partial charge in [-0.25, -0.2) is 4.79 Å². The Balaban J connectivity index is 1.63. The van der Waals surface area contributed by atoms with E-state index in [-0.39, 0.29) is 11.5 Å². The van der Waals surface area contributed by atoms with Crippen LogP contribution in [0.4, 0.5) is 5.69 Å². The van der Waals surface area contributed by atoms with Crippen LogP contribution >= 0.6 is 11.6 Å². The van der Waals surface area contributed by atoms with Crippen molar-refractivity contribution in [3.8, 4) is 0 Å². The average molecular weight is 401 g/mol. The summed E-state index contributed by atoms with van der Waals surface area (Å²) in [6.45, 7) is 4.61. The zero-order valence-corrected chi connectivity index (χ0v) is 16.7. The summed E-state index contributed by atoms with van der Waals surface area (Å²) in [6.07, 6.45) is 2.87. The molecule has 1 aliphatic heterocycles. The van der Waals surface area contributed by atoms with Crippen LogP contribution in [0.1, 0.15) is 46.0 Å². The average Bonchev–Trinajstić information content (AvgIpc) is 2.69. The highest BCUT2D eigenvalue weighted by molar-refractivity contribution is 6.31. The molecule has 5 nitrogen and oxygen atoms in total. The number of benzene rings is 2. The summed E-state index contributed by atoms with van der Waals surface area (Å²) in [5.41, 5.74) is 2.76. The number of carboxylic acid groups (broad SMARTS) is 1. The third-order valence-corrected chi connectivity index (χ3v) is 5.46. The summed E-state index contributed by atoms with van der Waals surface area (Å²) in [4.78, 5) is 26.0. The number of hydrogen-bond donors (Lipinski definition) is 2. The number of aromatic carboxylic acids is 1. The van der Waals surface area contributed by atoms with E-state index in [9.17, 15) is 9.59 Å². The zero-order chi connectivity index (χ0) is 20.1. The number of hydrogen-bond acceptors (Lipinski definition) is 3. The number of anilines is 1. The van der Waals surface area contributed by atoms with E-state index in [4.69, 9.17) is 16.7 Å². The summed E-state index contributed by atoms with van der Waals surface area (Å²) >= 11 is 6.15. The second-order valence-corrected chi connectivity index (χ2v) is 7.78. The largest absolute Gasteiger partial charge is 0.478 e. The maximum absolute atomic E-state index is 12.8. The number of nitrogens with one attached hydrogen (secondary N) is 1. The van der Waals surface area contributed by atoms with Gasteiger partial charge < -0.3 is 15.3 Å². The van der Waals surface area contributed by atoms with Gasteiger partial charge in [-0.15, -0.1) is 0 Å². The molecule has 0 bridgehead atoms. The van der Waals surface area contributed by atoms with Gasteiger partial charge in [0, 0.05) is 30.3 Å². The van der Waals surface area contributed by atoms with E-state index in [2.05, 4.69) is 17.1 Å². The van der Waals surface area contributed by atoms with Crippen LogP contribution in [0.25, 0.3) is 0 Å². The van der Waals surface area contributed by atoms with E-state index in [0.717, 1.165) is 37.2 Å². The Kier molecular flexibility index (Phi) is 6.57. The first-order valence-corrected chi connectivity index (χ1v) is 9.97. The fourth-order valence-electron chi connectivity index (χ4n) is 3.44. The zero-order valence-electron chi connectivity index (χ0n) is 16.0. The van der Waals surface area contributed by atoms with Gasteiger partial charge in [0.05, 0.1) is 11.1 Å². The molecule has 2 aromatic rings. The molecule has 148 valence electrons. The van der Waals surface area contributed by atoms with Gasteiger partial charge in [0.15, 0.2) is 0 Å². The van der Waals surface area contributed by atoms with Crippen molar-refractivity contribution in [3.05, 3.63) is 64.2 Å². The molecule has 1 aliphatic rings. The van der Waals surface area contributed by atoms with Crippen LogP contribution in [0.3, 0.4) is 0 Å². The first-order chi connectivity index (χ1) is 13.4. The van der Waals surface area contributed by atoms with Crippen LogP contribution in [0.15, 0.2) is 42.5 Å². The van der Waals surface area contributed by atoms with Crippen molar-refractivity contribution in [1.82, 2.24) is 5.32 Å². The number of carbonyl (C=O) groups excluding carboxylic acids is 1. The van der Waals surface area contributed by atoms with Crippen molar-refractivity contribution >= 4 is 29.2 Å². The SMILES string of the molecule is CC1CCN(c2ccc(Cl)cc2C(=O)NCCc2ccc(C(=O)O)cc2)CC1. The van der Waals surface area contributed by atoms with Gasteiger partial charge >= 0.3 is 5.97 Å². The van der Waals surface area contributed by atoms with Crippen molar-refractivity contribution in [2.75, 3.05) is 24.5 Å². The molecule has 2 N–H and O–H groups in total. The van der Waals surface area contributed by atoms with Gasteiger partial charge in [0.25, 0.3) is 5.91 Å². The van der Waals surface area contributed by atoms with Crippen LogP contribution in [-0.2, 0) is 6.42 Å². The van der Waals surface area contributed by atoms with Crippen molar-refractivity contribution in [3.63, 3.8) is 0 Å². The Morgan fingerprint density at radius 3 is 2.46 bits per heavy atom. The molecule has 0 spiro atoms. The van der Waals surface area contributed by atoms with Gasteiger partial charge in [-0.3, -0.25) is 4.79 Å². The molecule has 0 atom stereocenters. The molecule has 1 saturated heterocycles. The van der Waals surface area contributed by atoms with Crippen LogP contribution in [-0.4, -0.2) is 36.6 Å². The minimum Gasteiger partial charge on any atom is -0.478 e. The first-order valence-electron chi connectivity index (χ1n) is 9.59. The van der Waals surface area contributed by atoms with Crippen molar-refractivity contribution in [2.45, 2.75) is 26.2 Å². The van der Waals surface area contributed by atoms with E-state index < -0.39 is 5.97 Å². The quantitative estimate of drug-likeness (QED) is 0.760. The lowest BCUT2D eigenvalue weighted by molar-refractivity contribution is 0.0696. The fraction of sp³-hybridized carbons (Fsp3) is 0.364. The highest BCUT2D eigenvalue weighted by Crippen LogP contribution is 2.28. The summed E-state index contributed by atoms with van der Waals surface area (Å²) in [5.74, 6) is -0.368. The molecule has 0 radical (unpaired) electrons. The summed E-state index contributed by atoms with van der Waals surface area (Å²) in [5, 5.41) is 12.5. The summed E-state index contributed by atoms with van der Waals surface area (Å²) in [7, 11) is 0. The van der Waals surface area contributed by atoms with Gasteiger partial charge in [-0.2, -0.15) is 0 Å². The molecule has 0 aliphatic carbocycles. The number of piperidine rings is 1. The van der Waals surface area contributed by atoms with Crippen LogP contribution < -0.4 is 10.2 Å². The second kappa shape index (κ2) is 9.11. The smallest absolute Gasteiger partial charge is 0.335 e. The number of carbonyl (C=O) groups is 2. The number of nitrogens with zero attached hydrogens (tertiary/aromatic N) is 1. The predicted molar refractivity (Wildman–Crippen MR) is 112 cm³/mol. The standard InChI is InChI=1S/C22H25ClN2O3/c1-15-9-12-25(13-10-15)20-7-6-18(23)14-19(20)21(26)24-11-8-16-2-4-17(5-3-16)22(27)28/h2-7,14-15H,8-13H2,1H3,(H,24,26)(H,27,28). The maximum Gasteiger partial charge on any atom is 0.335 e. The molecule has 3 rings (SSSR count). The number of halogens is 1. The minimum atomic E-state index is -0.944. The Labute approximate surface area is 170 Å². The molecule has 2 aromatic carbocycles. The minimum absolute atomic E-state index is 0.140. The Morgan fingerprint density at radius 2 is 1.82 bits per heavy atom. The van der Waals surface area contributed by atoms with Crippen molar-refractivity contribution in [2.24, 2.45) is 5.92 Å². The van der Waals surface area contributed by atoms with Crippen molar-refractivity contribution < 1.29 is 14.7 Å². The normalized spacial score (nSPS) is 14.7. The van der Waals surface area contributed by atoms with E-state index in [0.29, 0.717) is 29.5 Å².